The minimum atomic E-state index is -0.639. The maximum atomic E-state index is 12.4. The van der Waals surface area contributed by atoms with Gasteiger partial charge in [0.15, 0.2) is 6.10 Å². The molecule has 122 valence electrons. The fraction of sp³-hybridized carbons (Fsp3) is 0.562. The predicted molar refractivity (Wildman–Crippen MR) is 87.6 cm³/mol. The van der Waals surface area contributed by atoms with Gasteiger partial charge in [0.05, 0.1) is 10.6 Å². The highest BCUT2D eigenvalue weighted by Gasteiger charge is 2.34. The van der Waals surface area contributed by atoms with E-state index in [-0.39, 0.29) is 5.91 Å². The van der Waals surface area contributed by atoms with Gasteiger partial charge in [0, 0.05) is 18.1 Å². The van der Waals surface area contributed by atoms with Crippen LogP contribution >= 0.6 is 23.2 Å². The van der Waals surface area contributed by atoms with Crippen LogP contribution in [0.3, 0.4) is 0 Å². The van der Waals surface area contributed by atoms with Gasteiger partial charge in [-0.3, -0.25) is 4.79 Å². The smallest absolute Gasteiger partial charge is 0.263 e. The normalized spacial score (nSPS) is 18.9. The molecular formula is C16H21Cl2NO3. The van der Waals surface area contributed by atoms with Crippen molar-refractivity contribution < 1.29 is 14.6 Å². The van der Waals surface area contributed by atoms with Crippen molar-refractivity contribution in [2.75, 3.05) is 13.1 Å². The number of amides is 1. The van der Waals surface area contributed by atoms with Gasteiger partial charge in [-0.05, 0) is 44.4 Å². The van der Waals surface area contributed by atoms with E-state index < -0.39 is 11.7 Å². The average molecular weight is 346 g/mol. The Kier molecular flexibility index (Phi) is 5.59. The summed E-state index contributed by atoms with van der Waals surface area (Å²) in [6.45, 7) is 4.76. The Morgan fingerprint density at radius 3 is 2.59 bits per heavy atom. The van der Waals surface area contributed by atoms with E-state index in [0.717, 1.165) is 0 Å². The van der Waals surface area contributed by atoms with Crippen molar-refractivity contribution in [3.63, 3.8) is 0 Å². The molecule has 1 aromatic rings. The first kappa shape index (κ1) is 17.4. The second kappa shape index (κ2) is 7.07. The van der Waals surface area contributed by atoms with Crippen molar-refractivity contribution in [2.24, 2.45) is 0 Å². The van der Waals surface area contributed by atoms with Crippen LogP contribution < -0.4 is 4.74 Å². The highest BCUT2D eigenvalue weighted by molar-refractivity contribution is 6.35. The first-order valence-corrected chi connectivity index (χ1v) is 8.23. The largest absolute Gasteiger partial charge is 0.479 e. The van der Waals surface area contributed by atoms with Gasteiger partial charge < -0.3 is 14.7 Å². The number of carbonyl (C=O) groups is 1. The molecule has 6 heteroatoms. The second-order valence-electron chi connectivity index (χ2n) is 5.74. The molecule has 0 bridgehead atoms. The SMILES string of the molecule is CCC1(O)CCN(C(=O)C(C)Oc2ccc(Cl)cc2Cl)CC1. The molecule has 1 heterocycles. The van der Waals surface area contributed by atoms with Gasteiger partial charge >= 0.3 is 0 Å². The minimum Gasteiger partial charge on any atom is -0.479 e. The van der Waals surface area contributed by atoms with Crippen molar-refractivity contribution >= 4 is 29.1 Å². The van der Waals surface area contributed by atoms with Crippen molar-refractivity contribution in [1.29, 1.82) is 0 Å². The molecule has 0 saturated carbocycles. The molecule has 1 fully saturated rings. The summed E-state index contributed by atoms with van der Waals surface area (Å²) >= 11 is 11.9. The summed E-state index contributed by atoms with van der Waals surface area (Å²) in [5.74, 6) is 0.346. The summed E-state index contributed by atoms with van der Waals surface area (Å²) in [5, 5.41) is 11.1. The molecule has 0 aromatic heterocycles. The molecule has 1 amide bonds. The number of piperidine rings is 1. The Morgan fingerprint density at radius 1 is 1.41 bits per heavy atom. The lowest BCUT2D eigenvalue weighted by atomic mass is 9.89. The number of hydrogen-bond acceptors (Lipinski definition) is 3. The fourth-order valence-corrected chi connectivity index (χ4v) is 3.02. The summed E-state index contributed by atoms with van der Waals surface area (Å²) in [6, 6.07) is 4.90. The Hall–Kier alpha value is -0.970. The van der Waals surface area contributed by atoms with Gasteiger partial charge in [0.2, 0.25) is 0 Å². The van der Waals surface area contributed by atoms with Crippen LogP contribution in [-0.2, 0) is 4.79 Å². The molecule has 0 spiro atoms. The molecule has 1 atom stereocenters. The van der Waals surface area contributed by atoms with Gasteiger partial charge in [-0.2, -0.15) is 0 Å². The van der Waals surface area contributed by atoms with E-state index in [9.17, 15) is 9.90 Å². The quantitative estimate of drug-likeness (QED) is 0.908. The summed E-state index contributed by atoms with van der Waals surface area (Å²) < 4.78 is 5.65. The molecular weight excluding hydrogens is 325 g/mol. The molecule has 1 aliphatic rings. The molecule has 4 nitrogen and oxygen atoms in total. The monoisotopic (exact) mass is 345 g/mol. The molecule has 22 heavy (non-hydrogen) atoms. The van der Waals surface area contributed by atoms with E-state index >= 15 is 0 Å². The third-order valence-corrected chi connectivity index (χ3v) is 4.74. The molecule has 0 radical (unpaired) electrons. The maximum Gasteiger partial charge on any atom is 0.263 e. The Balaban J connectivity index is 1.95. The van der Waals surface area contributed by atoms with E-state index in [1.54, 1.807) is 30.0 Å². The summed E-state index contributed by atoms with van der Waals surface area (Å²) in [7, 11) is 0. The molecule has 1 saturated heterocycles. The van der Waals surface area contributed by atoms with Crippen LogP contribution in [-0.4, -0.2) is 40.7 Å². The highest BCUT2D eigenvalue weighted by Crippen LogP contribution is 2.29. The summed E-state index contributed by atoms with van der Waals surface area (Å²) in [5.41, 5.74) is -0.639. The van der Waals surface area contributed by atoms with Crippen molar-refractivity contribution in [2.45, 2.75) is 44.8 Å². The zero-order valence-electron chi connectivity index (χ0n) is 12.8. The van der Waals surface area contributed by atoms with Gasteiger partial charge in [-0.15, -0.1) is 0 Å². The number of hydrogen-bond donors (Lipinski definition) is 1. The average Bonchev–Trinajstić information content (AvgIpc) is 2.50. The lowest BCUT2D eigenvalue weighted by Gasteiger charge is -2.38. The van der Waals surface area contributed by atoms with Crippen LogP contribution in [0.25, 0.3) is 0 Å². The number of nitrogens with zero attached hydrogens (tertiary/aromatic N) is 1. The first-order chi connectivity index (χ1) is 10.3. The summed E-state index contributed by atoms with van der Waals surface area (Å²) in [4.78, 5) is 14.2. The van der Waals surface area contributed by atoms with Crippen LogP contribution in [0, 0.1) is 0 Å². The fourth-order valence-electron chi connectivity index (χ4n) is 2.57. The van der Waals surface area contributed by atoms with Gasteiger partial charge in [-0.25, -0.2) is 0 Å². The van der Waals surface area contributed by atoms with Crippen molar-refractivity contribution in [3.8, 4) is 5.75 Å². The van der Waals surface area contributed by atoms with E-state index in [1.165, 1.54) is 0 Å². The number of halogens is 2. The standard InChI is InChI=1S/C16H21Cl2NO3/c1-3-16(21)6-8-19(9-7-16)15(20)11(2)22-14-5-4-12(17)10-13(14)18/h4-5,10-11,21H,3,6-9H2,1-2H3. The van der Waals surface area contributed by atoms with Crippen LogP contribution in [0.15, 0.2) is 18.2 Å². The van der Waals surface area contributed by atoms with Gasteiger partial charge in [0.25, 0.3) is 5.91 Å². The van der Waals surface area contributed by atoms with Crippen LogP contribution in [0.4, 0.5) is 0 Å². The Labute approximate surface area is 141 Å². The molecule has 1 aliphatic heterocycles. The van der Waals surface area contributed by atoms with E-state index in [0.29, 0.717) is 48.1 Å². The number of carbonyl (C=O) groups excluding carboxylic acids is 1. The molecule has 1 N–H and O–H groups in total. The zero-order valence-corrected chi connectivity index (χ0v) is 14.3. The summed E-state index contributed by atoms with van der Waals surface area (Å²) in [6.07, 6.45) is 1.28. The zero-order chi connectivity index (χ0) is 16.3. The number of rotatable bonds is 4. The molecule has 2 rings (SSSR count). The van der Waals surface area contributed by atoms with Gasteiger partial charge in [0.1, 0.15) is 5.75 Å². The first-order valence-electron chi connectivity index (χ1n) is 7.47. The Morgan fingerprint density at radius 2 is 2.05 bits per heavy atom. The van der Waals surface area contributed by atoms with E-state index in [1.807, 2.05) is 6.92 Å². The third kappa shape index (κ3) is 4.06. The van der Waals surface area contributed by atoms with Crippen molar-refractivity contribution in [1.82, 2.24) is 4.90 Å². The third-order valence-electron chi connectivity index (χ3n) is 4.21. The van der Waals surface area contributed by atoms with Crippen LogP contribution in [0.5, 0.6) is 5.75 Å². The topological polar surface area (TPSA) is 49.8 Å². The number of benzene rings is 1. The minimum absolute atomic E-state index is 0.0934. The van der Waals surface area contributed by atoms with E-state index in [2.05, 4.69) is 0 Å². The lowest BCUT2D eigenvalue weighted by Crippen LogP contribution is -2.49. The van der Waals surface area contributed by atoms with Crippen LogP contribution in [0.1, 0.15) is 33.1 Å². The maximum absolute atomic E-state index is 12.4. The van der Waals surface area contributed by atoms with Crippen LogP contribution in [0.2, 0.25) is 10.0 Å². The Bertz CT molecular complexity index is 542. The van der Waals surface area contributed by atoms with E-state index in [4.69, 9.17) is 27.9 Å². The second-order valence-corrected chi connectivity index (χ2v) is 6.58. The number of likely N-dealkylation sites (tertiary alicyclic amines) is 1. The molecule has 1 aromatic carbocycles. The molecule has 1 unspecified atom stereocenters. The predicted octanol–water partition coefficient (Wildman–Crippen LogP) is 3.52. The number of aliphatic hydroxyl groups is 1. The highest BCUT2D eigenvalue weighted by atomic mass is 35.5. The number of ether oxygens (including phenoxy) is 1. The lowest BCUT2D eigenvalue weighted by molar-refractivity contribution is -0.142. The van der Waals surface area contributed by atoms with Gasteiger partial charge in [-0.1, -0.05) is 30.1 Å². The van der Waals surface area contributed by atoms with Crippen molar-refractivity contribution in [3.05, 3.63) is 28.2 Å². The molecule has 0 aliphatic carbocycles.